The number of aryl methyl sites for hydroxylation is 1. The fourth-order valence-corrected chi connectivity index (χ4v) is 2.75. The molecule has 10 nitrogen and oxygen atoms in total. The molecule has 2 heterocycles. The van der Waals surface area contributed by atoms with Crippen molar-refractivity contribution in [2.24, 2.45) is 0 Å². The molecule has 2 aromatic rings. The van der Waals surface area contributed by atoms with Crippen LogP contribution in [-0.2, 0) is 39.6 Å². The van der Waals surface area contributed by atoms with Crippen LogP contribution in [-0.4, -0.2) is 50.4 Å². The SMILES string of the molecule is CC(=O)O.Cc1ncc(C[n+]2csc(CCO)c2C)c(N)n1.[Cl-].[Cu+].[NH-]CC(=O)O. The van der Waals surface area contributed by atoms with Crippen LogP contribution in [0.1, 0.15) is 28.9 Å². The van der Waals surface area contributed by atoms with Gasteiger partial charge in [0, 0.05) is 33.1 Å². The number of carboxylic acid groups (broad SMARTS) is 2. The number of aliphatic carboxylic acids is 2. The van der Waals surface area contributed by atoms with Gasteiger partial charge >= 0.3 is 17.1 Å². The van der Waals surface area contributed by atoms with Crippen LogP contribution in [0.15, 0.2) is 11.7 Å². The number of carboxylic acids is 2. The third kappa shape index (κ3) is 13.9. The molecule has 0 fully saturated rings. The minimum Gasteiger partial charge on any atom is -1.00 e. The fraction of sp³-hybridized carbons (Fsp3) is 0.438. The molecule has 29 heavy (non-hydrogen) atoms. The maximum Gasteiger partial charge on any atom is 1.00 e. The second-order valence-electron chi connectivity index (χ2n) is 5.25. The summed E-state index contributed by atoms with van der Waals surface area (Å²) >= 11 is 1.65. The third-order valence-electron chi connectivity index (χ3n) is 3.01. The Labute approximate surface area is 189 Å². The number of carbonyl (C=O) groups is 2. The molecule has 0 aliphatic heterocycles. The van der Waals surface area contributed by atoms with Gasteiger partial charge in [0.15, 0.2) is 12.2 Å². The van der Waals surface area contributed by atoms with E-state index >= 15 is 0 Å². The molecule has 0 saturated carbocycles. The number of aromatic nitrogens is 3. The minimum atomic E-state index is -1.08. The summed E-state index contributed by atoms with van der Waals surface area (Å²) in [4.78, 5) is 27.7. The van der Waals surface area contributed by atoms with Gasteiger partial charge in [-0.05, 0) is 6.92 Å². The van der Waals surface area contributed by atoms with Crippen molar-refractivity contribution in [3.63, 3.8) is 0 Å². The molecule has 0 radical (unpaired) electrons. The number of aliphatic hydroxyl groups is 1. The van der Waals surface area contributed by atoms with E-state index in [0.29, 0.717) is 24.6 Å². The van der Waals surface area contributed by atoms with E-state index in [1.807, 2.05) is 19.4 Å². The van der Waals surface area contributed by atoms with Gasteiger partial charge in [-0.2, -0.15) is 4.57 Å². The van der Waals surface area contributed by atoms with Crippen molar-refractivity contribution in [3.8, 4) is 0 Å². The van der Waals surface area contributed by atoms with Gasteiger partial charge in [0.05, 0.1) is 10.4 Å². The third-order valence-corrected chi connectivity index (χ3v) is 4.15. The van der Waals surface area contributed by atoms with Crippen LogP contribution in [0.2, 0.25) is 0 Å². The number of hydrogen-bond donors (Lipinski definition) is 4. The molecule has 0 bridgehead atoms. The van der Waals surface area contributed by atoms with Crippen LogP contribution >= 0.6 is 11.3 Å². The molecule has 0 aliphatic carbocycles. The van der Waals surface area contributed by atoms with Gasteiger partial charge in [-0.25, -0.2) is 9.97 Å². The van der Waals surface area contributed by atoms with E-state index in [2.05, 4.69) is 14.5 Å². The predicted octanol–water partition coefficient (Wildman–Crippen LogP) is -2.18. The van der Waals surface area contributed by atoms with E-state index in [1.54, 1.807) is 17.5 Å². The number of hydrogen-bond acceptors (Lipinski definition) is 7. The Morgan fingerprint density at radius 1 is 1.31 bits per heavy atom. The Bertz CT molecular complexity index is 759. The molecular formula is C16H25ClCuN5O5S. The van der Waals surface area contributed by atoms with Gasteiger partial charge < -0.3 is 39.2 Å². The second kappa shape index (κ2) is 17.1. The van der Waals surface area contributed by atoms with Gasteiger partial charge in [-0.1, -0.05) is 17.9 Å². The van der Waals surface area contributed by atoms with Gasteiger partial charge in [-0.3, -0.25) is 9.59 Å². The Kier molecular flexibility index (Phi) is 18.8. The summed E-state index contributed by atoms with van der Waals surface area (Å²) in [6.07, 6.45) is 2.47. The number of anilines is 1. The number of nitrogen functional groups attached to an aromatic ring is 1. The maximum atomic E-state index is 9.18. The van der Waals surface area contributed by atoms with Crippen molar-refractivity contribution in [1.82, 2.24) is 9.97 Å². The largest absolute Gasteiger partial charge is 1.00 e. The van der Waals surface area contributed by atoms with Crippen molar-refractivity contribution in [2.75, 3.05) is 18.9 Å². The molecule has 168 valence electrons. The minimum absolute atomic E-state index is 0. The summed E-state index contributed by atoms with van der Waals surface area (Å²) in [6.45, 7) is 5.27. The summed E-state index contributed by atoms with van der Waals surface area (Å²) in [5.74, 6) is -0.696. The number of halogens is 1. The van der Waals surface area contributed by atoms with Crippen LogP contribution in [0.5, 0.6) is 0 Å². The van der Waals surface area contributed by atoms with Crippen molar-refractivity contribution in [2.45, 2.75) is 33.7 Å². The first kappa shape index (κ1) is 31.9. The van der Waals surface area contributed by atoms with Crippen LogP contribution in [0.25, 0.3) is 5.73 Å². The topological polar surface area (TPSA) is 174 Å². The Balaban J connectivity index is -0.000000524. The first-order valence-electron chi connectivity index (χ1n) is 7.83. The number of aliphatic hydroxyl groups excluding tert-OH is 1. The fourth-order valence-electron chi connectivity index (χ4n) is 1.77. The van der Waals surface area contributed by atoms with Crippen molar-refractivity contribution in [1.29, 1.82) is 0 Å². The van der Waals surface area contributed by atoms with Crippen molar-refractivity contribution in [3.05, 3.63) is 39.4 Å². The summed E-state index contributed by atoms with van der Waals surface area (Å²) < 4.78 is 2.11. The molecule has 0 aliphatic rings. The molecule has 0 aromatic carbocycles. The number of nitrogens with one attached hydrogen (secondary N) is 1. The van der Waals surface area contributed by atoms with E-state index in [4.69, 9.17) is 31.6 Å². The summed E-state index contributed by atoms with van der Waals surface area (Å²) in [7, 11) is 0. The zero-order valence-corrected chi connectivity index (χ0v) is 18.7. The number of nitrogens with zero attached hydrogens (tertiary/aromatic N) is 3. The van der Waals surface area contributed by atoms with Crippen LogP contribution in [0.4, 0.5) is 5.82 Å². The number of thiazole rings is 1. The summed E-state index contributed by atoms with van der Waals surface area (Å²) in [5.41, 5.74) is 16.1. The van der Waals surface area contributed by atoms with Gasteiger partial charge in [-0.15, -0.1) is 0 Å². The normalized spacial score (nSPS) is 8.86. The zero-order chi connectivity index (χ0) is 21.0. The summed E-state index contributed by atoms with van der Waals surface area (Å²) in [5, 5.41) is 23.9. The molecule has 13 heteroatoms. The van der Waals surface area contributed by atoms with Gasteiger partial charge in [0.1, 0.15) is 11.6 Å². The smallest absolute Gasteiger partial charge is 1.00 e. The van der Waals surface area contributed by atoms with E-state index in [9.17, 15) is 4.79 Å². The van der Waals surface area contributed by atoms with E-state index in [0.717, 1.165) is 18.2 Å². The maximum absolute atomic E-state index is 9.18. The molecule has 2 rings (SSSR count). The molecule has 0 spiro atoms. The standard InChI is InChI=1S/C12H17N4OS.C2H4NO2.C2H4O2.ClH.Cu/c1-8-11(3-4-17)18-7-16(8)6-10-5-14-9(2)15-12(10)13;3-1-2(4)5;1-2(3)4;;/h5,7,17H,3-4,6H2,1-2H3,(H2,13,14,15);3H,1H2,(H,4,5);1H3,(H,3,4);1H;/q+1;-1;;;+1/p-1. The van der Waals surface area contributed by atoms with Crippen molar-refractivity contribution >= 4 is 29.1 Å². The van der Waals surface area contributed by atoms with Crippen LogP contribution in [0, 0.1) is 13.8 Å². The molecule has 0 atom stereocenters. The molecule has 0 amide bonds. The molecule has 0 unspecified atom stereocenters. The van der Waals surface area contributed by atoms with Crippen LogP contribution < -0.4 is 22.7 Å². The summed E-state index contributed by atoms with van der Waals surface area (Å²) in [6, 6.07) is 0. The van der Waals surface area contributed by atoms with E-state index in [-0.39, 0.29) is 36.1 Å². The average Bonchev–Trinajstić information content (AvgIpc) is 2.91. The Morgan fingerprint density at radius 2 is 1.83 bits per heavy atom. The van der Waals surface area contributed by atoms with Crippen LogP contribution in [0.3, 0.4) is 0 Å². The predicted molar refractivity (Wildman–Crippen MR) is 100 cm³/mol. The Hall–Kier alpha value is -1.82. The average molecular weight is 498 g/mol. The van der Waals surface area contributed by atoms with E-state index in [1.165, 1.54) is 4.88 Å². The molecule has 2 aromatic heterocycles. The molecule has 6 N–H and O–H groups in total. The van der Waals surface area contributed by atoms with Gasteiger partial charge in [0.25, 0.3) is 11.9 Å². The zero-order valence-electron chi connectivity index (χ0n) is 16.1. The first-order chi connectivity index (χ1) is 12.6. The van der Waals surface area contributed by atoms with E-state index < -0.39 is 18.5 Å². The van der Waals surface area contributed by atoms with Gasteiger partial charge in [0.2, 0.25) is 5.51 Å². The molecule has 0 saturated heterocycles. The quantitative estimate of drug-likeness (QED) is 0.266. The number of nitrogens with two attached hydrogens (primary N) is 1. The van der Waals surface area contributed by atoms with Crippen molar-refractivity contribution < 1.29 is 59.0 Å². The Morgan fingerprint density at radius 3 is 2.24 bits per heavy atom. The molecular weight excluding hydrogens is 473 g/mol. The number of rotatable bonds is 5. The second-order valence-corrected chi connectivity index (χ2v) is 6.19. The first-order valence-corrected chi connectivity index (χ1v) is 8.71. The monoisotopic (exact) mass is 497 g/mol.